The van der Waals surface area contributed by atoms with Gasteiger partial charge in [0.1, 0.15) is 30.5 Å². The molecule has 0 radical (unpaired) electrons. The molecule has 0 amide bonds. The van der Waals surface area contributed by atoms with E-state index in [4.69, 9.17) is 9.78 Å². The first-order chi connectivity index (χ1) is 16.0. The molecule has 0 spiro atoms. The third-order valence-corrected chi connectivity index (χ3v) is 6.61. The highest BCUT2D eigenvalue weighted by Gasteiger charge is 2.58. The van der Waals surface area contributed by atoms with Crippen LogP contribution >= 0.6 is 0 Å². The zero-order valence-electron chi connectivity index (χ0n) is 18.1. The van der Waals surface area contributed by atoms with E-state index in [0.717, 1.165) is 18.9 Å². The molecule has 4 aromatic heterocycles. The van der Waals surface area contributed by atoms with Crippen molar-refractivity contribution in [3.63, 3.8) is 0 Å². The van der Waals surface area contributed by atoms with Crippen molar-refractivity contribution in [3.05, 3.63) is 69.6 Å². The van der Waals surface area contributed by atoms with E-state index in [1.165, 1.54) is 16.5 Å². The highest BCUT2D eigenvalue weighted by atomic mass is 16.5. The molecule has 6 rings (SSSR count). The zero-order valence-corrected chi connectivity index (χ0v) is 18.1. The molecule has 1 saturated heterocycles. The molecule has 1 unspecified atom stereocenters. The molecule has 0 aromatic carbocycles. The highest BCUT2D eigenvalue weighted by Crippen LogP contribution is 2.57. The van der Waals surface area contributed by atoms with Gasteiger partial charge in [-0.15, -0.1) is 0 Å². The Morgan fingerprint density at radius 1 is 1.18 bits per heavy atom. The van der Waals surface area contributed by atoms with Crippen molar-refractivity contribution in [3.8, 4) is 6.07 Å². The molecule has 1 aliphatic heterocycles. The Morgan fingerprint density at radius 2 is 2.00 bits per heavy atom. The number of aromatic nitrogens is 6. The molecule has 164 valence electrons. The number of hydrogen-bond acceptors (Lipinski definition) is 9. The molecule has 3 atom stereocenters. The van der Waals surface area contributed by atoms with Gasteiger partial charge in [0.15, 0.2) is 11.5 Å². The Balaban J connectivity index is 1.18. The van der Waals surface area contributed by atoms with Crippen molar-refractivity contribution in [1.29, 1.82) is 5.26 Å². The van der Waals surface area contributed by atoms with Crippen LogP contribution in [0.15, 0.2) is 40.0 Å². The number of pyridine rings is 2. The number of nitrogens with zero attached hydrogens (tertiary/aromatic N) is 8. The number of anilines is 1. The Hall–Kier alpha value is -4.13. The SMILES string of the molecule is Cc1ccnc(N2C[C@@H]3C(c4noc(Cn5cnc6nc(C#N)cc(C)c6c5=O)n4)[C@@H]3C2)c1. The van der Waals surface area contributed by atoms with Gasteiger partial charge in [0.05, 0.1) is 5.39 Å². The maximum atomic E-state index is 13.0. The molecular formula is C23H20N8O2. The second-order valence-electron chi connectivity index (χ2n) is 8.81. The molecule has 4 aromatic rings. The van der Waals surface area contributed by atoms with E-state index < -0.39 is 0 Å². The van der Waals surface area contributed by atoms with Gasteiger partial charge in [0.25, 0.3) is 5.56 Å². The minimum Gasteiger partial charge on any atom is -0.356 e. The number of hydrogen-bond donors (Lipinski definition) is 0. The summed E-state index contributed by atoms with van der Waals surface area (Å²) in [4.78, 5) is 32.7. The lowest BCUT2D eigenvalue weighted by molar-refractivity contribution is 0.363. The van der Waals surface area contributed by atoms with Crippen LogP contribution in [0.2, 0.25) is 0 Å². The van der Waals surface area contributed by atoms with Gasteiger partial charge in [0, 0.05) is 25.2 Å². The zero-order chi connectivity index (χ0) is 22.7. The molecule has 10 heteroatoms. The smallest absolute Gasteiger partial charge is 0.263 e. The third-order valence-electron chi connectivity index (χ3n) is 6.61. The summed E-state index contributed by atoms with van der Waals surface area (Å²) >= 11 is 0. The van der Waals surface area contributed by atoms with E-state index in [9.17, 15) is 4.79 Å². The van der Waals surface area contributed by atoms with Crippen LogP contribution < -0.4 is 10.5 Å². The standard InChI is InChI=1S/C23H20N8O2/c1-12-3-4-25-17(5-12)30-8-15-16(9-30)20(15)22-28-18(33-29-22)10-31-11-26-21-19(23(31)32)13(2)6-14(7-24)27-21/h3-6,11,15-16,20H,8-10H2,1-2H3/t15-,16+,20?. The average molecular weight is 440 g/mol. The Morgan fingerprint density at radius 3 is 2.76 bits per heavy atom. The fourth-order valence-electron chi connectivity index (χ4n) is 4.91. The van der Waals surface area contributed by atoms with Crippen LogP contribution in [0, 0.1) is 37.0 Å². The monoisotopic (exact) mass is 440 g/mol. The molecule has 0 N–H and O–H groups in total. The van der Waals surface area contributed by atoms with Gasteiger partial charge < -0.3 is 9.42 Å². The van der Waals surface area contributed by atoms with Gasteiger partial charge in [-0.05, 0) is 55.0 Å². The summed E-state index contributed by atoms with van der Waals surface area (Å²) in [7, 11) is 0. The third kappa shape index (κ3) is 3.24. The molecule has 33 heavy (non-hydrogen) atoms. The first-order valence-electron chi connectivity index (χ1n) is 10.8. The summed E-state index contributed by atoms with van der Waals surface area (Å²) in [5.74, 6) is 3.36. The van der Waals surface area contributed by atoms with Crippen molar-refractivity contribution in [2.24, 2.45) is 11.8 Å². The summed E-state index contributed by atoms with van der Waals surface area (Å²) in [5, 5.41) is 13.7. The predicted molar refractivity (Wildman–Crippen MR) is 118 cm³/mol. The molecule has 0 bridgehead atoms. The van der Waals surface area contributed by atoms with Gasteiger partial charge in [0.2, 0.25) is 5.89 Å². The van der Waals surface area contributed by atoms with Gasteiger partial charge in [-0.3, -0.25) is 9.36 Å². The number of fused-ring (bicyclic) bond motifs is 2. The molecule has 2 aliphatic rings. The fraction of sp³-hybridized carbons (Fsp3) is 0.348. The summed E-state index contributed by atoms with van der Waals surface area (Å²) in [6, 6.07) is 7.68. The summed E-state index contributed by atoms with van der Waals surface area (Å²) in [6.45, 7) is 5.84. The van der Waals surface area contributed by atoms with E-state index >= 15 is 0 Å². The van der Waals surface area contributed by atoms with Crippen LogP contribution in [0.25, 0.3) is 11.0 Å². The predicted octanol–water partition coefficient (Wildman–Crippen LogP) is 1.96. The maximum absolute atomic E-state index is 13.0. The van der Waals surface area contributed by atoms with Crippen LogP contribution in [-0.4, -0.2) is 42.7 Å². The van der Waals surface area contributed by atoms with E-state index in [2.05, 4.69) is 43.0 Å². The molecule has 5 heterocycles. The van der Waals surface area contributed by atoms with Gasteiger partial charge >= 0.3 is 0 Å². The lowest BCUT2D eigenvalue weighted by Crippen LogP contribution is -2.24. The number of nitriles is 1. The molecular weight excluding hydrogens is 420 g/mol. The van der Waals surface area contributed by atoms with Crippen molar-refractivity contribution in [2.75, 3.05) is 18.0 Å². The van der Waals surface area contributed by atoms with Crippen molar-refractivity contribution in [1.82, 2.24) is 29.7 Å². The Kier molecular flexibility index (Phi) is 4.26. The minimum absolute atomic E-state index is 0.135. The average Bonchev–Trinajstić information content (AvgIpc) is 3.14. The summed E-state index contributed by atoms with van der Waals surface area (Å²) < 4.78 is 6.89. The maximum Gasteiger partial charge on any atom is 0.263 e. The van der Waals surface area contributed by atoms with Crippen LogP contribution in [0.4, 0.5) is 5.82 Å². The summed E-state index contributed by atoms with van der Waals surface area (Å²) in [6.07, 6.45) is 3.25. The first kappa shape index (κ1) is 19.5. The van der Waals surface area contributed by atoms with E-state index in [1.54, 1.807) is 13.0 Å². The van der Waals surface area contributed by atoms with Crippen LogP contribution in [0.5, 0.6) is 0 Å². The largest absolute Gasteiger partial charge is 0.356 e. The lowest BCUT2D eigenvalue weighted by atomic mass is 10.2. The minimum atomic E-state index is -0.251. The molecule has 1 aliphatic carbocycles. The molecule has 10 nitrogen and oxygen atoms in total. The number of rotatable bonds is 4. The molecule has 1 saturated carbocycles. The van der Waals surface area contributed by atoms with E-state index in [1.807, 2.05) is 18.3 Å². The van der Waals surface area contributed by atoms with Gasteiger partial charge in [-0.25, -0.2) is 15.0 Å². The quantitative estimate of drug-likeness (QED) is 0.468. The Bertz CT molecular complexity index is 1490. The first-order valence-corrected chi connectivity index (χ1v) is 10.8. The van der Waals surface area contributed by atoms with E-state index in [-0.39, 0.29) is 29.4 Å². The van der Waals surface area contributed by atoms with Crippen molar-refractivity contribution >= 4 is 16.9 Å². The fourth-order valence-corrected chi connectivity index (χ4v) is 4.91. The number of aryl methyl sites for hydroxylation is 2. The second kappa shape index (κ2) is 7.20. The van der Waals surface area contributed by atoms with Gasteiger partial charge in [-0.2, -0.15) is 10.2 Å². The van der Waals surface area contributed by atoms with Crippen LogP contribution in [-0.2, 0) is 6.54 Å². The number of piperidine rings is 1. The lowest BCUT2D eigenvalue weighted by Gasteiger charge is -2.20. The van der Waals surface area contributed by atoms with Gasteiger partial charge in [-0.1, -0.05) is 5.16 Å². The van der Waals surface area contributed by atoms with Crippen molar-refractivity contribution < 1.29 is 4.52 Å². The van der Waals surface area contributed by atoms with E-state index in [0.29, 0.717) is 34.5 Å². The topological polar surface area (TPSA) is 127 Å². The Labute approximate surface area is 188 Å². The highest BCUT2D eigenvalue weighted by molar-refractivity contribution is 5.77. The van der Waals surface area contributed by atoms with Crippen molar-refractivity contribution in [2.45, 2.75) is 26.3 Å². The van der Waals surface area contributed by atoms with Crippen LogP contribution in [0.3, 0.4) is 0 Å². The summed E-state index contributed by atoms with van der Waals surface area (Å²) in [5.41, 5.74) is 2.11. The molecule has 2 fully saturated rings. The second-order valence-corrected chi connectivity index (χ2v) is 8.81. The van der Waals surface area contributed by atoms with Crippen LogP contribution in [0.1, 0.15) is 34.5 Å². The normalized spacial score (nSPS) is 21.2.